The van der Waals surface area contributed by atoms with Gasteiger partial charge in [0.1, 0.15) is 0 Å². The van der Waals surface area contributed by atoms with Crippen molar-refractivity contribution in [3.05, 3.63) is 41.2 Å². The standard InChI is InChI=1S/C16H18ClN3O4S/c1-10-11(17)4-3-5-12(10)20-7-6-18-15(20)25-8-13(21)19-9-16(2,24)14(22)23/h3-7,24H,8-9H2,1-2H3,(H,19,21)(H,22,23). The zero-order valence-corrected chi connectivity index (χ0v) is 15.3. The fraction of sp³-hybridized carbons (Fsp3) is 0.312. The molecular formula is C16H18ClN3O4S. The number of rotatable bonds is 7. The van der Waals surface area contributed by atoms with Crippen molar-refractivity contribution in [2.24, 2.45) is 0 Å². The summed E-state index contributed by atoms with van der Waals surface area (Å²) >= 11 is 7.34. The summed E-state index contributed by atoms with van der Waals surface area (Å²) in [6, 6.07) is 5.53. The third-order valence-corrected chi connectivity index (χ3v) is 4.90. The van der Waals surface area contributed by atoms with E-state index in [1.807, 2.05) is 23.6 Å². The van der Waals surface area contributed by atoms with Crippen LogP contribution in [0, 0.1) is 6.92 Å². The lowest BCUT2D eigenvalue weighted by Crippen LogP contribution is -2.46. The Morgan fingerprint density at radius 1 is 1.44 bits per heavy atom. The normalized spacial score (nSPS) is 13.3. The summed E-state index contributed by atoms with van der Waals surface area (Å²) in [4.78, 5) is 26.9. The number of nitrogens with zero attached hydrogens (tertiary/aromatic N) is 2. The van der Waals surface area contributed by atoms with Gasteiger partial charge in [-0.1, -0.05) is 29.4 Å². The van der Waals surface area contributed by atoms with Crippen LogP contribution < -0.4 is 5.32 Å². The third kappa shape index (κ3) is 4.75. The van der Waals surface area contributed by atoms with Gasteiger partial charge in [-0.3, -0.25) is 9.36 Å². The van der Waals surface area contributed by atoms with Gasteiger partial charge in [-0.05, 0) is 31.5 Å². The highest BCUT2D eigenvalue weighted by Gasteiger charge is 2.30. The number of hydrogen-bond donors (Lipinski definition) is 3. The van der Waals surface area contributed by atoms with Gasteiger partial charge >= 0.3 is 5.97 Å². The monoisotopic (exact) mass is 383 g/mol. The molecular weight excluding hydrogens is 366 g/mol. The van der Waals surface area contributed by atoms with Crippen LogP contribution in [0.4, 0.5) is 0 Å². The molecule has 1 atom stereocenters. The second kappa shape index (κ2) is 7.90. The van der Waals surface area contributed by atoms with Crippen LogP contribution in [-0.2, 0) is 9.59 Å². The Kier molecular flexibility index (Phi) is 6.10. The average molecular weight is 384 g/mol. The number of hydrogen-bond acceptors (Lipinski definition) is 5. The number of thioether (sulfide) groups is 1. The molecule has 0 aliphatic carbocycles. The molecule has 1 heterocycles. The molecule has 0 aliphatic heterocycles. The van der Waals surface area contributed by atoms with Crippen LogP contribution in [0.5, 0.6) is 0 Å². The maximum Gasteiger partial charge on any atom is 0.337 e. The molecule has 2 rings (SSSR count). The van der Waals surface area contributed by atoms with E-state index in [0.717, 1.165) is 18.2 Å². The van der Waals surface area contributed by atoms with Crippen molar-refractivity contribution < 1.29 is 19.8 Å². The first-order chi connectivity index (χ1) is 11.7. The van der Waals surface area contributed by atoms with Crippen molar-refractivity contribution in [2.45, 2.75) is 24.6 Å². The maximum absolute atomic E-state index is 11.9. The van der Waals surface area contributed by atoms with E-state index in [1.54, 1.807) is 18.5 Å². The van der Waals surface area contributed by atoms with Crippen molar-refractivity contribution in [3.63, 3.8) is 0 Å². The molecule has 134 valence electrons. The fourth-order valence-electron chi connectivity index (χ4n) is 1.96. The largest absolute Gasteiger partial charge is 0.479 e. The third-order valence-electron chi connectivity index (χ3n) is 3.53. The van der Waals surface area contributed by atoms with Crippen molar-refractivity contribution in [1.29, 1.82) is 0 Å². The van der Waals surface area contributed by atoms with Crippen LogP contribution in [0.3, 0.4) is 0 Å². The lowest BCUT2D eigenvalue weighted by atomic mass is 10.1. The Labute approximate surface area is 154 Å². The molecule has 0 spiro atoms. The first kappa shape index (κ1) is 19.3. The summed E-state index contributed by atoms with van der Waals surface area (Å²) in [5, 5.41) is 22.0. The van der Waals surface area contributed by atoms with Crippen LogP contribution >= 0.6 is 23.4 Å². The zero-order valence-electron chi connectivity index (χ0n) is 13.7. The molecule has 0 bridgehead atoms. The molecule has 0 fully saturated rings. The minimum atomic E-state index is -2.00. The molecule has 0 saturated carbocycles. The average Bonchev–Trinajstić information content (AvgIpc) is 3.01. The molecule has 3 N–H and O–H groups in total. The van der Waals surface area contributed by atoms with Gasteiger partial charge < -0.3 is 15.5 Å². The molecule has 1 unspecified atom stereocenters. The van der Waals surface area contributed by atoms with Gasteiger partial charge in [-0.2, -0.15) is 0 Å². The molecule has 25 heavy (non-hydrogen) atoms. The highest BCUT2D eigenvalue weighted by atomic mass is 35.5. The summed E-state index contributed by atoms with van der Waals surface area (Å²) in [5.74, 6) is -1.76. The van der Waals surface area contributed by atoms with E-state index >= 15 is 0 Å². The summed E-state index contributed by atoms with van der Waals surface area (Å²) < 4.78 is 1.83. The van der Waals surface area contributed by atoms with E-state index in [9.17, 15) is 14.7 Å². The van der Waals surface area contributed by atoms with E-state index in [1.165, 1.54) is 11.8 Å². The van der Waals surface area contributed by atoms with Crippen molar-refractivity contribution in [2.75, 3.05) is 12.3 Å². The number of carboxylic acids is 1. The SMILES string of the molecule is Cc1c(Cl)cccc1-n1ccnc1SCC(=O)NCC(C)(O)C(=O)O. The second-order valence-electron chi connectivity index (χ2n) is 5.61. The molecule has 9 heteroatoms. The summed E-state index contributed by atoms with van der Waals surface area (Å²) in [6.07, 6.45) is 3.39. The van der Waals surface area contributed by atoms with Gasteiger partial charge in [-0.25, -0.2) is 9.78 Å². The smallest absolute Gasteiger partial charge is 0.337 e. The van der Waals surface area contributed by atoms with Crippen molar-refractivity contribution >= 4 is 35.2 Å². The van der Waals surface area contributed by atoms with E-state index in [2.05, 4.69) is 10.3 Å². The number of aliphatic hydroxyl groups is 1. The number of amides is 1. The van der Waals surface area contributed by atoms with Gasteiger partial charge in [0.05, 0.1) is 18.0 Å². The summed E-state index contributed by atoms with van der Waals surface area (Å²) in [5.41, 5.74) is -0.246. The van der Waals surface area contributed by atoms with Crippen molar-refractivity contribution in [3.8, 4) is 5.69 Å². The Balaban J connectivity index is 2.01. The first-order valence-corrected chi connectivity index (χ1v) is 8.73. The van der Waals surface area contributed by atoms with Gasteiger partial charge in [-0.15, -0.1) is 0 Å². The lowest BCUT2D eigenvalue weighted by molar-refractivity contribution is -0.156. The number of carbonyl (C=O) groups is 2. The van der Waals surface area contributed by atoms with E-state index in [4.69, 9.17) is 16.7 Å². The second-order valence-corrected chi connectivity index (χ2v) is 6.96. The fourth-order valence-corrected chi connectivity index (χ4v) is 2.93. The molecule has 0 saturated heterocycles. The predicted octanol–water partition coefficient (Wildman–Crippen LogP) is 1.88. The van der Waals surface area contributed by atoms with E-state index < -0.39 is 17.5 Å². The number of carboxylic acid groups (broad SMARTS) is 1. The highest BCUT2D eigenvalue weighted by molar-refractivity contribution is 7.99. The maximum atomic E-state index is 11.9. The molecule has 1 aromatic heterocycles. The minimum absolute atomic E-state index is 0.0341. The number of halogens is 1. The highest BCUT2D eigenvalue weighted by Crippen LogP contribution is 2.26. The Morgan fingerprint density at radius 3 is 2.84 bits per heavy atom. The molecule has 1 amide bonds. The van der Waals surface area contributed by atoms with Crippen molar-refractivity contribution in [1.82, 2.24) is 14.9 Å². The van der Waals surface area contributed by atoms with Crippen LogP contribution in [-0.4, -0.2) is 49.5 Å². The quantitative estimate of drug-likeness (QED) is 0.630. The zero-order chi connectivity index (χ0) is 18.6. The lowest BCUT2D eigenvalue weighted by Gasteiger charge is -2.18. The van der Waals surface area contributed by atoms with Gasteiger partial charge in [0.15, 0.2) is 10.8 Å². The van der Waals surface area contributed by atoms with Gasteiger partial charge in [0.2, 0.25) is 5.91 Å². The number of imidazole rings is 1. The predicted molar refractivity (Wildman–Crippen MR) is 95.3 cm³/mol. The molecule has 7 nitrogen and oxygen atoms in total. The Morgan fingerprint density at radius 2 is 2.16 bits per heavy atom. The number of aliphatic carboxylic acids is 1. The number of carbonyl (C=O) groups excluding carboxylic acids is 1. The first-order valence-electron chi connectivity index (χ1n) is 7.36. The number of nitrogens with one attached hydrogen (secondary N) is 1. The molecule has 0 radical (unpaired) electrons. The molecule has 0 aliphatic rings. The minimum Gasteiger partial charge on any atom is -0.479 e. The van der Waals surface area contributed by atoms with Gasteiger partial charge in [0.25, 0.3) is 0 Å². The van der Waals surface area contributed by atoms with Crippen LogP contribution in [0.25, 0.3) is 5.69 Å². The summed E-state index contributed by atoms with van der Waals surface area (Å²) in [6.45, 7) is 2.65. The molecule has 2 aromatic rings. The number of aromatic nitrogens is 2. The summed E-state index contributed by atoms with van der Waals surface area (Å²) in [7, 11) is 0. The Hall–Kier alpha value is -2.03. The van der Waals surface area contributed by atoms with Crippen LogP contribution in [0.1, 0.15) is 12.5 Å². The van der Waals surface area contributed by atoms with Crippen LogP contribution in [0.2, 0.25) is 5.02 Å². The Bertz CT molecular complexity index is 791. The van der Waals surface area contributed by atoms with E-state index in [0.29, 0.717) is 10.2 Å². The molecule has 1 aromatic carbocycles. The van der Waals surface area contributed by atoms with Crippen LogP contribution in [0.15, 0.2) is 35.7 Å². The number of benzene rings is 1. The van der Waals surface area contributed by atoms with Gasteiger partial charge in [0, 0.05) is 17.4 Å². The van der Waals surface area contributed by atoms with E-state index in [-0.39, 0.29) is 12.3 Å². The topological polar surface area (TPSA) is 104 Å².